The minimum atomic E-state index is -0.416. The number of thiophene rings is 1. The minimum absolute atomic E-state index is 0.0557. The molecule has 92 valence electrons. The first kappa shape index (κ1) is 12.9. The Morgan fingerprint density at radius 3 is 2.78 bits per heavy atom. The van der Waals surface area contributed by atoms with Crippen molar-refractivity contribution >= 4 is 44.9 Å². The third kappa shape index (κ3) is 3.02. The molecule has 0 aliphatic rings. The van der Waals surface area contributed by atoms with Gasteiger partial charge < -0.3 is 0 Å². The summed E-state index contributed by atoms with van der Waals surface area (Å²) in [6.07, 6.45) is 1.71. The highest BCUT2D eigenvalue weighted by Crippen LogP contribution is 2.25. The van der Waals surface area contributed by atoms with Crippen molar-refractivity contribution in [2.75, 3.05) is 0 Å². The summed E-state index contributed by atoms with van der Waals surface area (Å²) >= 11 is 4.93. The molecule has 4 nitrogen and oxygen atoms in total. The van der Waals surface area contributed by atoms with Gasteiger partial charge in [0.2, 0.25) is 0 Å². The van der Waals surface area contributed by atoms with Gasteiger partial charge in [-0.25, -0.2) is 0 Å². The van der Waals surface area contributed by atoms with E-state index in [1.807, 2.05) is 19.1 Å². The number of benzene rings is 1. The molecule has 18 heavy (non-hydrogen) atoms. The Labute approximate surface area is 116 Å². The zero-order valence-electron chi connectivity index (χ0n) is 9.46. The van der Waals surface area contributed by atoms with Gasteiger partial charge in [0, 0.05) is 23.2 Å². The molecule has 0 spiro atoms. The third-order valence-corrected chi connectivity index (χ3v) is 3.89. The molecule has 1 heterocycles. The van der Waals surface area contributed by atoms with E-state index >= 15 is 0 Å². The van der Waals surface area contributed by atoms with Crippen molar-refractivity contribution in [2.24, 2.45) is 4.99 Å². The van der Waals surface area contributed by atoms with Crippen LogP contribution >= 0.6 is 27.3 Å². The van der Waals surface area contributed by atoms with E-state index in [-0.39, 0.29) is 5.69 Å². The molecule has 2 rings (SSSR count). The van der Waals surface area contributed by atoms with E-state index in [0.717, 1.165) is 14.2 Å². The Balaban J connectivity index is 2.30. The van der Waals surface area contributed by atoms with Gasteiger partial charge in [-0.1, -0.05) is 6.07 Å². The predicted octanol–water partition coefficient (Wildman–Crippen LogP) is 4.48. The molecule has 2 aromatic rings. The van der Waals surface area contributed by atoms with E-state index in [4.69, 9.17) is 0 Å². The number of nitro benzene ring substituents is 1. The van der Waals surface area contributed by atoms with Gasteiger partial charge in [0.15, 0.2) is 0 Å². The van der Waals surface area contributed by atoms with E-state index in [1.54, 1.807) is 23.6 Å². The number of hydrogen-bond acceptors (Lipinski definition) is 4. The van der Waals surface area contributed by atoms with Crippen LogP contribution < -0.4 is 0 Å². The van der Waals surface area contributed by atoms with Gasteiger partial charge in [-0.05, 0) is 40.5 Å². The van der Waals surface area contributed by atoms with Crippen LogP contribution in [0.4, 0.5) is 11.4 Å². The fraction of sp³-hybridized carbons (Fsp3) is 0.0833. The highest BCUT2D eigenvalue weighted by molar-refractivity contribution is 9.11. The van der Waals surface area contributed by atoms with Gasteiger partial charge in [-0.2, -0.15) is 0 Å². The molecule has 0 bridgehead atoms. The SMILES string of the molecule is Cc1ccc([N+](=O)[O-])cc1N=Cc1ccc(Br)s1. The van der Waals surface area contributed by atoms with Crippen molar-refractivity contribution in [3.05, 3.63) is 54.7 Å². The minimum Gasteiger partial charge on any atom is -0.258 e. The van der Waals surface area contributed by atoms with Gasteiger partial charge in [-0.3, -0.25) is 15.1 Å². The van der Waals surface area contributed by atoms with E-state index in [0.29, 0.717) is 5.69 Å². The van der Waals surface area contributed by atoms with Crippen LogP contribution in [0.5, 0.6) is 0 Å². The topological polar surface area (TPSA) is 55.5 Å². The molecule has 0 unspecified atom stereocenters. The molecule has 0 saturated heterocycles. The van der Waals surface area contributed by atoms with Crippen molar-refractivity contribution in [3.8, 4) is 0 Å². The largest absolute Gasteiger partial charge is 0.271 e. The average molecular weight is 325 g/mol. The molecule has 0 amide bonds. The second kappa shape index (κ2) is 5.41. The first-order valence-corrected chi connectivity index (χ1v) is 6.71. The van der Waals surface area contributed by atoms with Crippen molar-refractivity contribution in [1.29, 1.82) is 0 Å². The third-order valence-electron chi connectivity index (χ3n) is 2.33. The molecule has 1 aromatic carbocycles. The van der Waals surface area contributed by atoms with Gasteiger partial charge in [0.05, 0.1) is 14.4 Å². The van der Waals surface area contributed by atoms with Crippen LogP contribution in [-0.4, -0.2) is 11.1 Å². The van der Waals surface area contributed by atoms with Crippen molar-refractivity contribution in [1.82, 2.24) is 0 Å². The Morgan fingerprint density at radius 2 is 2.17 bits per heavy atom. The maximum Gasteiger partial charge on any atom is 0.271 e. The summed E-state index contributed by atoms with van der Waals surface area (Å²) in [5.41, 5.74) is 1.58. The number of nitro groups is 1. The zero-order valence-corrected chi connectivity index (χ0v) is 11.9. The van der Waals surface area contributed by atoms with E-state index in [9.17, 15) is 10.1 Å². The normalized spacial score (nSPS) is 11.0. The number of aliphatic imine (C=N–C) groups is 1. The molecule has 1 aromatic heterocycles. The number of nitrogens with zero attached hydrogens (tertiary/aromatic N) is 2. The summed E-state index contributed by atoms with van der Waals surface area (Å²) in [5, 5.41) is 10.7. The molecule has 0 fully saturated rings. The Morgan fingerprint density at radius 1 is 1.39 bits per heavy atom. The second-order valence-corrected chi connectivity index (χ2v) is 6.12. The predicted molar refractivity (Wildman–Crippen MR) is 77.1 cm³/mol. The summed E-state index contributed by atoms with van der Waals surface area (Å²) in [5.74, 6) is 0. The molecule has 0 aliphatic heterocycles. The van der Waals surface area contributed by atoms with Crippen LogP contribution in [0.15, 0.2) is 39.1 Å². The number of aryl methyl sites for hydroxylation is 1. The van der Waals surface area contributed by atoms with Gasteiger partial charge in [-0.15, -0.1) is 11.3 Å². The van der Waals surface area contributed by atoms with Gasteiger partial charge >= 0.3 is 0 Å². The van der Waals surface area contributed by atoms with Crippen molar-refractivity contribution in [2.45, 2.75) is 6.92 Å². The molecular formula is C12H9BrN2O2S. The molecular weight excluding hydrogens is 316 g/mol. The average Bonchev–Trinajstić information content (AvgIpc) is 2.74. The van der Waals surface area contributed by atoms with Gasteiger partial charge in [0.25, 0.3) is 5.69 Å². The first-order valence-electron chi connectivity index (χ1n) is 5.11. The highest BCUT2D eigenvalue weighted by atomic mass is 79.9. The Hall–Kier alpha value is -1.53. The first-order chi connectivity index (χ1) is 8.56. The van der Waals surface area contributed by atoms with Crippen LogP contribution in [0.25, 0.3) is 0 Å². The second-order valence-electron chi connectivity index (χ2n) is 3.63. The molecule has 0 aliphatic carbocycles. The Kier molecular flexibility index (Phi) is 3.88. The van der Waals surface area contributed by atoms with Gasteiger partial charge in [0.1, 0.15) is 0 Å². The molecule has 0 N–H and O–H groups in total. The monoisotopic (exact) mass is 324 g/mol. The summed E-state index contributed by atoms with van der Waals surface area (Å²) in [4.78, 5) is 15.6. The van der Waals surface area contributed by atoms with Crippen LogP contribution in [0.3, 0.4) is 0 Å². The number of rotatable bonds is 3. The van der Waals surface area contributed by atoms with Crippen molar-refractivity contribution in [3.63, 3.8) is 0 Å². The summed E-state index contributed by atoms with van der Waals surface area (Å²) < 4.78 is 1.03. The molecule has 0 atom stereocenters. The molecule has 0 radical (unpaired) electrons. The number of hydrogen-bond donors (Lipinski definition) is 0. The zero-order chi connectivity index (χ0) is 13.1. The molecule has 6 heteroatoms. The fourth-order valence-electron chi connectivity index (χ4n) is 1.38. The lowest BCUT2D eigenvalue weighted by molar-refractivity contribution is -0.384. The van der Waals surface area contributed by atoms with Crippen molar-refractivity contribution < 1.29 is 4.92 Å². The fourth-order valence-corrected chi connectivity index (χ4v) is 2.68. The highest BCUT2D eigenvalue weighted by Gasteiger charge is 2.07. The summed E-state index contributed by atoms with van der Waals surface area (Å²) in [6, 6.07) is 8.54. The standard InChI is InChI=1S/C12H9BrN2O2S/c1-8-2-3-9(15(16)17)6-11(8)14-7-10-4-5-12(13)18-10/h2-7H,1H3. The van der Waals surface area contributed by atoms with Crippen LogP contribution in [0.2, 0.25) is 0 Å². The maximum atomic E-state index is 10.7. The van der Waals surface area contributed by atoms with Crippen LogP contribution in [0, 0.1) is 17.0 Å². The lowest BCUT2D eigenvalue weighted by Crippen LogP contribution is -1.88. The smallest absolute Gasteiger partial charge is 0.258 e. The number of halogens is 1. The summed E-state index contributed by atoms with van der Waals surface area (Å²) in [6.45, 7) is 1.88. The van der Waals surface area contributed by atoms with E-state index < -0.39 is 4.92 Å². The van der Waals surface area contributed by atoms with E-state index in [2.05, 4.69) is 20.9 Å². The van der Waals surface area contributed by atoms with E-state index in [1.165, 1.54) is 12.1 Å². The number of non-ortho nitro benzene ring substituents is 1. The molecule has 0 saturated carbocycles. The lowest BCUT2D eigenvalue weighted by atomic mass is 10.2. The van der Waals surface area contributed by atoms with Crippen LogP contribution in [0.1, 0.15) is 10.4 Å². The van der Waals surface area contributed by atoms with Crippen LogP contribution in [-0.2, 0) is 0 Å². The lowest BCUT2D eigenvalue weighted by Gasteiger charge is -1.99. The quantitative estimate of drug-likeness (QED) is 0.475. The summed E-state index contributed by atoms with van der Waals surface area (Å²) in [7, 11) is 0. The maximum absolute atomic E-state index is 10.7. The Bertz CT molecular complexity index is 622.